The highest BCUT2D eigenvalue weighted by atomic mass is 35.5. The molecule has 0 aromatic heterocycles. The summed E-state index contributed by atoms with van der Waals surface area (Å²) < 4.78 is 5.90. The van der Waals surface area contributed by atoms with Gasteiger partial charge in [-0.05, 0) is 65.2 Å². The van der Waals surface area contributed by atoms with Gasteiger partial charge in [-0.2, -0.15) is 5.26 Å². The van der Waals surface area contributed by atoms with E-state index in [1.807, 2.05) is 43.3 Å². The van der Waals surface area contributed by atoms with E-state index >= 15 is 0 Å². The van der Waals surface area contributed by atoms with Crippen LogP contribution in [0.3, 0.4) is 0 Å². The molecular weight excluding hydrogens is 432 g/mol. The van der Waals surface area contributed by atoms with Crippen molar-refractivity contribution in [2.45, 2.75) is 13.5 Å². The summed E-state index contributed by atoms with van der Waals surface area (Å²) in [6, 6.07) is 28.8. The average molecular weight is 453 g/mol. The molecule has 1 amide bonds. The number of nitrogens with zero attached hydrogens (tertiary/aromatic N) is 1. The lowest BCUT2D eigenvalue weighted by Gasteiger charge is -2.10. The van der Waals surface area contributed by atoms with Gasteiger partial charge in [0.15, 0.2) is 0 Å². The third-order valence-corrected chi connectivity index (χ3v) is 5.45. The fraction of sp³-hybridized carbons (Fsp3) is 0.0714. The molecule has 0 fully saturated rings. The van der Waals surface area contributed by atoms with E-state index in [4.69, 9.17) is 16.3 Å². The van der Waals surface area contributed by atoms with E-state index in [1.54, 1.807) is 30.3 Å². The van der Waals surface area contributed by atoms with Crippen molar-refractivity contribution in [3.8, 4) is 11.8 Å². The van der Waals surface area contributed by atoms with Gasteiger partial charge in [-0.3, -0.25) is 4.79 Å². The van der Waals surface area contributed by atoms with Gasteiger partial charge in [-0.1, -0.05) is 71.8 Å². The second kappa shape index (κ2) is 10.0. The molecule has 0 saturated heterocycles. The summed E-state index contributed by atoms with van der Waals surface area (Å²) in [5.41, 5.74) is 3.36. The minimum absolute atomic E-state index is 0.0172. The first-order chi connectivity index (χ1) is 16.0. The van der Waals surface area contributed by atoms with Gasteiger partial charge >= 0.3 is 0 Å². The maximum atomic E-state index is 12.5. The van der Waals surface area contributed by atoms with Crippen molar-refractivity contribution in [3.05, 3.63) is 112 Å². The molecular formula is C28H21ClN2O2. The molecule has 5 heteroatoms. The van der Waals surface area contributed by atoms with Crippen molar-refractivity contribution in [2.24, 2.45) is 0 Å². The number of amides is 1. The largest absolute Gasteiger partial charge is 0.487 e. The molecule has 0 bridgehead atoms. The van der Waals surface area contributed by atoms with Crippen LogP contribution < -0.4 is 10.1 Å². The van der Waals surface area contributed by atoms with E-state index < -0.39 is 5.91 Å². The van der Waals surface area contributed by atoms with Crippen molar-refractivity contribution in [3.63, 3.8) is 0 Å². The van der Waals surface area contributed by atoms with E-state index in [-0.39, 0.29) is 5.57 Å². The summed E-state index contributed by atoms with van der Waals surface area (Å²) in [5.74, 6) is 0.0543. The Kier molecular flexibility index (Phi) is 6.73. The highest BCUT2D eigenvalue weighted by molar-refractivity contribution is 6.32. The van der Waals surface area contributed by atoms with Crippen LogP contribution in [0.5, 0.6) is 5.75 Å². The Labute approximate surface area is 197 Å². The number of hydrogen-bond donors (Lipinski definition) is 1. The van der Waals surface area contributed by atoms with Crippen LogP contribution in [-0.2, 0) is 11.4 Å². The first-order valence-corrected chi connectivity index (χ1v) is 10.8. The SMILES string of the molecule is Cc1ccc(NC(=O)/C(C#N)=C/c2ccc(OCc3ccc4ccccc4c3)c(Cl)c2)cc1. The van der Waals surface area contributed by atoms with E-state index in [9.17, 15) is 10.1 Å². The number of carbonyl (C=O) groups excluding carboxylic acids is 1. The van der Waals surface area contributed by atoms with E-state index in [2.05, 4.69) is 29.6 Å². The second-order valence-electron chi connectivity index (χ2n) is 7.65. The zero-order chi connectivity index (χ0) is 23.2. The van der Waals surface area contributed by atoms with Crippen LogP contribution in [0.4, 0.5) is 5.69 Å². The number of carbonyl (C=O) groups is 1. The minimum Gasteiger partial charge on any atom is -0.487 e. The maximum Gasteiger partial charge on any atom is 0.266 e. The van der Waals surface area contributed by atoms with Gasteiger partial charge in [0.2, 0.25) is 0 Å². The number of hydrogen-bond acceptors (Lipinski definition) is 3. The molecule has 1 N–H and O–H groups in total. The van der Waals surface area contributed by atoms with Crippen LogP contribution in [0.1, 0.15) is 16.7 Å². The smallest absolute Gasteiger partial charge is 0.266 e. The summed E-state index contributed by atoms with van der Waals surface area (Å²) in [5, 5.41) is 14.9. The van der Waals surface area contributed by atoms with Crippen LogP contribution in [0, 0.1) is 18.3 Å². The third-order valence-electron chi connectivity index (χ3n) is 5.15. The zero-order valence-corrected chi connectivity index (χ0v) is 18.8. The van der Waals surface area contributed by atoms with Crippen molar-refractivity contribution in [2.75, 3.05) is 5.32 Å². The minimum atomic E-state index is -0.478. The highest BCUT2D eigenvalue weighted by Crippen LogP contribution is 2.28. The van der Waals surface area contributed by atoms with Gasteiger partial charge in [0.25, 0.3) is 5.91 Å². The molecule has 0 heterocycles. The molecule has 0 aliphatic carbocycles. The molecule has 0 spiro atoms. The van der Waals surface area contributed by atoms with Crippen LogP contribution in [0.15, 0.2) is 90.5 Å². The number of rotatable bonds is 6. The number of benzene rings is 4. The second-order valence-corrected chi connectivity index (χ2v) is 8.06. The zero-order valence-electron chi connectivity index (χ0n) is 18.0. The van der Waals surface area contributed by atoms with Gasteiger partial charge < -0.3 is 10.1 Å². The molecule has 0 aliphatic rings. The molecule has 0 saturated carbocycles. The fourth-order valence-corrected chi connectivity index (χ4v) is 3.61. The Morgan fingerprint density at radius 3 is 2.48 bits per heavy atom. The maximum absolute atomic E-state index is 12.5. The van der Waals surface area contributed by atoms with E-state index in [1.165, 1.54) is 11.5 Å². The third kappa shape index (κ3) is 5.60. The molecule has 0 aliphatic heterocycles. The number of ether oxygens (including phenoxy) is 1. The quantitative estimate of drug-likeness (QED) is 0.255. The first kappa shape index (κ1) is 22.1. The molecule has 0 atom stereocenters. The lowest BCUT2D eigenvalue weighted by Crippen LogP contribution is -2.13. The Morgan fingerprint density at radius 2 is 1.76 bits per heavy atom. The molecule has 162 valence electrons. The Hall–Kier alpha value is -4.07. The molecule has 4 aromatic carbocycles. The molecule has 4 nitrogen and oxygen atoms in total. The Morgan fingerprint density at radius 1 is 1.00 bits per heavy atom. The molecule has 0 radical (unpaired) electrons. The van der Waals surface area contributed by atoms with Crippen LogP contribution in [0.2, 0.25) is 5.02 Å². The van der Waals surface area contributed by atoms with Crippen molar-refractivity contribution < 1.29 is 9.53 Å². The normalized spacial score (nSPS) is 11.1. The van der Waals surface area contributed by atoms with E-state index in [0.717, 1.165) is 16.5 Å². The van der Waals surface area contributed by atoms with Crippen LogP contribution in [-0.4, -0.2) is 5.91 Å². The Balaban J connectivity index is 1.45. The van der Waals surface area contributed by atoms with Crippen molar-refractivity contribution >= 4 is 40.0 Å². The predicted molar refractivity (Wildman–Crippen MR) is 133 cm³/mol. The van der Waals surface area contributed by atoms with Crippen molar-refractivity contribution in [1.29, 1.82) is 5.26 Å². The fourth-order valence-electron chi connectivity index (χ4n) is 3.36. The number of nitriles is 1. The van der Waals surface area contributed by atoms with Crippen LogP contribution >= 0.6 is 11.6 Å². The lowest BCUT2D eigenvalue weighted by atomic mass is 10.1. The van der Waals surface area contributed by atoms with Gasteiger partial charge in [0, 0.05) is 5.69 Å². The number of halogens is 1. The highest BCUT2D eigenvalue weighted by Gasteiger charge is 2.11. The monoisotopic (exact) mass is 452 g/mol. The molecule has 4 rings (SSSR count). The van der Waals surface area contributed by atoms with Gasteiger partial charge in [-0.15, -0.1) is 0 Å². The number of aryl methyl sites for hydroxylation is 1. The first-order valence-electron chi connectivity index (χ1n) is 10.4. The lowest BCUT2D eigenvalue weighted by molar-refractivity contribution is -0.112. The predicted octanol–water partition coefficient (Wildman–Crippen LogP) is 6.93. The Bertz CT molecular complexity index is 1390. The summed E-state index contributed by atoms with van der Waals surface area (Å²) in [7, 11) is 0. The number of nitrogens with one attached hydrogen (secondary N) is 1. The average Bonchev–Trinajstić information content (AvgIpc) is 2.83. The molecule has 0 unspecified atom stereocenters. The summed E-state index contributed by atoms with van der Waals surface area (Å²) in [4.78, 5) is 12.5. The van der Waals surface area contributed by atoms with Gasteiger partial charge in [0.1, 0.15) is 24.0 Å². The topological polar surface area (TPSA) is 62.1 Å². The van der Waals surface area contributed by atoms with Crippen LogP contribution in [0.25, 0.3) is 16.8 Å². The van der Waals surface area contributed by atoms with Gasteiger partial charge in [0.05, 0.1) is 5.02 Å². The number of fused-ring (bicyclic) bond motifs is 1. The molecule has 33 heavy (non-hydrogen) atoms. The van der Waals surface area contributed by atoms with E-state index in [0.29, 0.717) is 28.6 Å². The summed E-state index contributed by atoms with van der Waals surface area (Å²) >= 11 is 6.40. The number of anilines is 1. The van der Waals surface area contributed by atoms with Gasteiger partial charge in [-0.25, -0.2) is 0 Å². The van der Waals surface area contributed by atoms with Crippen molar-refractivity contribution in [1.82, 2.24) is 0 Å². The summed E-state index contributed by atoms with van der Waals surface area (Å²) in [6.45, 7) is 2.34. The molecule has 4 aromatic rings. The summed E-state index contributed by atoms with van der Waals surface area (Å²) in [6.07, 6.45) is 1.50. The standard InChI is InChI=1S/C28H21ClN2O2/c1-19-6-11-25(12-7-19)31-28(32)24(17-30)14-20-9-13-27(26(29)16-20)33-18-21-8-10-22-4-2-3-5-23(22)15-21/h2-16H,18H2,1H3,(H,31,32)/b24-14+.